The lowest BCUT2D eigenvalue weighted by atomic mass is 10.2. The SMILES string of the molecule is CCC(N)CCNC(C)=O. The molecule has 0 saturated heterocycles. The van der Waals surface area contributed by atoms with Gasteiger partial charge < -0.3 is 11.1 Å². The third kappa shape index (κ3) is 5.56. The van der Waals surface area contributed by atoms with Gasteiger partial charge in [0.1, 0.15) is 0 Å². The van der Waals surface area contributed by atoms with Crippen LogP contribution in [0.4, 0.5) is 0 Å². The highest BCUT2D eigenvalue weighted by Gasteiger charge is 1.97. The van der Waals surface area contributed by atoms with Crippen molar-refractivity contribution in [1.82, 2.24) is 5.32 Å². The van der Waals surface area contributed by atoms with E-state index < -0.39 is 0 Å². The van der Waals surface area contributed by atoms with E-state index in [4.69, 9.17) is 5.73 Å². The lowest BCUT2D eigenvalue weighted by Gasteiger charge is -2.07. The van der Waals surface area contributed by atoms with Crippen LogP contribution >= 0.6 is 0 Å². The molecule has 1 amide bonds. The molecule has 60 valence electrons. The first-order chi connectivity index (χ1) is 4.66. The van der Waals surface area contributed by atoms with Crippen LogP contribution in [0.15, 0.2) is 0 Å². The summed E-state index contributed by atoms with van der Waals surface area (Å²) in [6, 6.07) is 0.229. The first-order valence-electron chi connectivity index (χ1n) is 3.66. The molecule has 0 heterocycles. The Bertz CT molecular complexity index is 104. The third-order valence-electron chi connectivity index (χ3n) is 1.41. The summed E-state index contributed by atoms with van der Waals surface area (Å²) >= 11 is 0. The average Bonchev–Trinajstić information content (AvgIpc) is 1.87. The minimum atomic E-state index is 0.0169. The lowest BCUT2D eigenvalue weighted by molar-refractivity contribution is -0.118. The molecule has 1 atom stereocenters. The van der Waals surface area contributed by atoms with Crippen molar-refractivity contribution >= 4 is 5.91 Å². The molecule has 0 aliphatic carbocycles. The average molecular weight is 144 g/mol. The molecule has 0 aromatic heterocycles. The summed E-state index contributed by atoms with van der Waals surface area (Å²) < 4.78 is 0. The third-order valence-corrected chi connectivity index (χ3v) is 1.41. The Balaban J connectivity index is 3.11. The molecule has 10 heavy (non-hydrogen) atoms. The molecule has 0 spiro atoms. The van der Waals surface area contributed by atoms with Gasteiger partial charge in [-0.25, -0.2) is 0 Å². The molecule has 3 heteroatoms. The van der Waals surface area contributed by atoms with Crippen LogP contribution in [0, 0.1) is 0 Å². The van der Waals surface area contributed by atoms with Gasteiger partial charge in [-0.2, -0.15) is 0 Å². The van der Waals surface area contributed by atoms with E-state index in [9.17, 15) is 4.79 Å². The molecule has 0 rings (SSSR count). The highest BCUT2D eigenvalue weighted by Crippen LogP contribution is 1.90. The van der Waals surface area contributed by atoms with Crippen LogP contribution in [-0.4, -0.2) is 18.5 Å². The van der Waals surface area contributed by atoms with Crippen molar-refractivity contribution in [1.29, 1.82) is 0 Å². The summed E-state index contributed by atoms with van der Waals surface area (Å²) in [6.07, 6.45) is 1.84. The molecule has 1 unspecified atom stereocenters. The topological polar surface area (TPSA) is 55.1 Å². The second-order valence-corrected chi connectivity index (χ2v) is 2.44. The van der Waals surface area contributed by atoms with Gasteiger partial charge in [0.25, 0.3) is 0 Å². The van der Waals surface area contributed by atoms with E-state index >= 15 is 0 Å². The second kappa shape index (κ2) is 5.23. The zero-order chi connectivity index (χ0) is 7.98. The smallest absolute Gasteiger partial charge is 0.216 e. The zero-order valence-electron chi connectivity index (χ0n) is 6.68. The Labute approximate surface area is 62.0 Å². The Morgan fingerprint density at radius 3 is 2.70 bits per heavy atom. The van der Waals surface area contributed by atoms with E-state index in [1.807, 2.05) is 6.92 Å². The van der Waals surface area contributed by atoms with Gasteiger partial charge in [-0.1, -0.05) is 6.92 Å². The van der Waals surface area contributed by atoms with Crippen LogP contribution < -0.4 is 11.1 Å². The number of nitrogens with one attached hydrogen (secondary N) is 1. The number of hydrogen-bond donors (Lipinski definition) is 2. The molecular weight excluding hydrogens is 128 g/mol. The standard InChI is InChI=1S/C7H16N2O/c1-3-7(8)4-5-9-6(2)10/h7H,3-5,8H2,1-2H3,(H,9,10). The van der Waals surface area contributed by atoms with Crippen LogP contribution in [0.25, 0.3) is 0 Å². The van der Waals surface area contributed by atoms with E-state index in [1.165, 1.54) is 6.92 Å². The van der Waals surface area contributed by atoms with E-state index in [0.717, 1.165) is 12.8 Å². The minimum Gasteiger partial charge on any atom is -0.356 e. The largest absolute Gasteiger partial charge is 0.356 e. The fourth-order valence-corrected chi connectivity index (χ4v) is 0.638. The zero-order valence-corrected chi connectivity index (χ0v) is 6.68. The first kappa shape index (κ1) is 9.43. The summed E-state index contributed by atoms with van der Waals surface area (Å²) in [6.45, 7) is 4.25. The second-order valence-electron chi connectivity index (χ2n) is 2.44. The van der Waals surface area contributed by atoms with E-state index in [1.54, 1.807) is 0 Å². The van der Waals surface area contributed by atoms with E-state index in [2.05, 4.69) is 5.32 Å². The van der Waals surface area contributed by atoms with Gasteiger partial charge in [0.05, 0.1) is 0 Å². The number of hydrogen-bond acceptors (Lipinski definition) is 2. The van der Waals surface area contributed by atoms with Crippen LogP contribution in [0.5, 0.6) is 0 Å². The van der Waals surface area contributed by atoms with Crippen LogP contribution in [0.2, 0.25) is 0 Å². The lowest BCUT2D eigenvalue weighted by Crippen LogP contribution is -2.28. The Kier molecular flexibility index (Phi) is 4.94. The fraction of sp³-hybridized carbons (Fsp3) is 0.857. The number of amides is 1. The maximum absolute atomic E-state index is 10.4. The summed E-state index contributed by atoms with van der Waals surface area (Å²) in [5.41, 5.74) is 5.61. The van der Waals surface area contributed by atoms with Crippen LogP contribution in [0.1, 0.15) is 26.7 Å². The van der Waals surface area contributed by atoms with Crippen molar-refractivity contribution < 1.29 is 4.79 Å². The van der Waals surface area contributed by atoms with E-state index in [-0.39, 0.29) is 11.9 Å². The molecule has 0 aromatic rings. The van der Waals surface area contributed by atoms with Gasteiger partial charge in [-0.05, 0) is 12.8 Å². The highest BCUT2D eigenvalue weighted by atomic mass is 16.1. The molecule has 3 nitrogen and oxygen atoms in total. The molecule has 0 saturated carbocycles. The quantitative estimate of drug-likeness (QED) is 0.594. The predicted molar refractivity (Wildman–Crippen MR) is 41.6 cm³/mol. The summed E-state index contributed by atoms with van der Waals surface area (Å²) in [5, 5.41) is 2.69. The van der Waals surface area contributed by atoms with Gasteiger partial charge in [-0.3, -0.25) is 4.79 Å². The molecule has 0 aromatic carbocycles. The molecule has 3 N–H and O–H groups in total. The van der Waals surface area contributed by atoms with Crippen molar-refractivity contribution in [2.45, 2.75) is 32.7 Å². The summed E-state index contributed by atoms with van der Waals surface area (Å²) in [4.78, 5) is 10.4. The van der Waals surface area contributed by atoms with Gasteiger partial charge in [0.15, 0.2) is 0 Å². The maximum Gasteiger partial charge on any atom is 0.216 e. The minimum absolute atomic E-state index is 0.0169. The maximum atomic E-state index is 10.4. The number of carbonyl (C=O) groups excluding carboxylic acids is 1. The molecule has 0 aliphatic heterocycles. The van der Waals surface area contributed by atoms with Crippen molar-refractivity contribution in [3.8, 4) is 0 Å². The molecule has 0 fully saturated rings. The number of rotatable bonds is 4. The van der Waals surface area contributed by atoms with Gasteiger partial charge >= 0.3 is 0 Å². The van der Waals surface area contributed by atoms with Gasteiger partial charge in [0, 0.05) is 19.5 Å². The van der Waals surface area contributed by atoms with E-state index in [0.29, 0.717) is 6.54 Å². The van der Waals surface area contributed by atoms with Crippen LogP contribution in [-0.2, 0) is 4.79 Å². The predicted octanol–water partition coefficient (Wildman–Crippen LogP) is 0.250. The monoisotopic (exact) mass is 144 g/mol. The first-order valence-corrected chi connectivity index (χ1v) is 3.66. The number of carbonyl (C=O) groups is 1. The highest BCUT2D eigenvalue weighted by molar-refractivity contribution is 5.72. The Hall–Kier alpha value is -0.570. The Morgan fingerprint density at radius 1 is 1.70 bits per heavy atom. The molecule has 0 radical (unpaired) electrons. The summed E-state index contributed by atoms with van der Waals surface area (Å²) in [7, 11) is 0. The summed E-state index contributed by atoms with van der Waals surface area (Å²) in [5.74, 6) is 0.0169. The normalized spacial score (nSPS) is 12.7. The Morgan fingerprint density at radius 2 is 2.30 bits per heavy atom. The van der Waals surface area contributed by atoms with Crippen molar-refractivity contribution in [3.05, 3.63) is 0 Å². The van der Waals surface area contributed by atoms with Crippen LogP contribution in [0.3, 0.4) is 0 Å². The fourth-order valence-electron chi connectivity index (χ4n) is 0.638. The van der Waals surface area contributed by atoms with Gasteiger partial charge in [-0.15, -0.1) is 0 Å². The van der Waals surface area contributed by atoms with Crippen molar-refractivity contribution in [2.75, 3.05) is 6.54 Å². The number of nitrogens with two attached hydrogens (primary N) is 1. The molecule has 0 aliphatic rings. The van der Waals surface area contributed by atoms with Gasteiger partial charge in [0.2, 0.25) is 5.91 Å². The van der Waals surface area contributed by atoms with Crippen molar-refractivity contribution in [3.63, 3.8) is 0 Å². The molecular formula is C7H16N2O. The van der Waals surface area contributed by atoms with Crippen molar-refractivity contribution in [2.24, 2.45) is 5.73 Å². The molecule has 0 bridgehead atoms.